The van der Waals surface area contributed by atoms with Crippen molar-refractivity contribution in [2.24, 2.45) is 5.73 Å². The van der Waals surface area contributed by atoms with E-state index in [1.54, 1.807) is 16.9 Å². The van der Waals surface area contributed by atoms with Gasteiger partial charge in [-0.3, -0.25) is 14.5 Å². The number of rotatable bonds is 4. The number of ketones is 1. The first-order valence-corrected chi connectivity index (χ1v) is 6.70. The lowest BCUT2D eigenvalue weighted by Gasteiger charge is -2.02. The molecule has 106 valence electrons. The molecule has 0 saturated carbocycles. The van der Waals surface area contributed by atoms with E-state index in [1.165, 1.54) is 0 Å². The van der Waals surface area contributed by atoms with E-state index in [0.717, 1.165) is 16.6 Å². The lowest BCUT2D eigenvalue weighted by Crippen LogP contribution is -2.10. The fourth-order valence-electron chi connectivity index (χ4n) is 2.16. The van der Waals surface area contributed by atoms with E-state index in [-0.39, 0.29) is 5.78 Å². The first kappa shape index (κ1) is 13.4. The molecule has 0 aliphatic carbocycles. The third-order valence-corrected chi connectivity index (χ3v) is 3.22. The maximum Gasteiger partial charge on any atom is 0.214 e. The molecule has 0 saturated heterocycles. The van der Waals surface area contributed by atoms with Gasteiger partial charge >= 0.3 is 0 Å². The van der Waals surface area contributed by atoms with Gasteiger partial charge in [0.2, 0.25) is 5.78 Å². The monoisotopic (exact) mass is 281 g/mol. The molecule has 3 aromatic rings. The Labute approximate surface area is 121 Å². The van der Waals surface area contributed by atoms with Crippen LogP contribution in [0.1, 0.15) is 21.7 Å². The Hall–Kier alpha value is -2.60. The van der Waals surface area contributed by atoms with Gasteiger partial charge in [0.05, 0.1) is 18.3 Å². The first-order chi connectivity index (χ1) is 10.2. The molecular formula is C15H15N5O. The Balaban J connectivity index is 1.95. The Kier molecular flexibility index (Phi) is 3.45. The van der Waals surface area contributed by atoms with Crippen LogP contribution in [-0.2, 0) is 6.54 Å². The summed E-state index contributed by atoms with van der Waals surface area (Å²) < 4.78 is 1.57. The number of aromatic nitrogens is 4. The molecule has 0 aliphatic heterocycles. The normalized spacial score (nSPS) is 11.0. The van der Waals surface area contributed by atoms with Crippen LogP contribution in [0.5, 0.6) is 0 Å². The number of nitrogens with two attached hydrogens (primary N) is 1. The maximum absolute atomic E-state index is 12.4. The summed E-state index contributed by atoms with van der Waals surface area (Å²) >= 11 is 0. The number of carbonyl (C=O) groups is 1. The first-order valence-electron chi connectivity index (χ1n) is 6.70. The van der Waals surface area contributed by atoms with Gasteiger partial charge in [-0.2, -0.15) is 0 Å². The van der Waals surface area contributed by atoms with Crippen LogP contribution >= 0.6 is 0 Å². The summed E-state index contributed by atoms with van der Waals surface area (Å²) in [5.41, 5.74) is 8.17. The van der Waals surface area contributed by atoms with Crippen molar-refractivity contribution in [2.75, 3.05) is 6.54 Å². The molecule has 2 aromatic heterocycles. The zero-order valence-corrected chi connectivity index (χ0v) is 11.7. The van der Waals surface area contributed by atoms with Crippen molar-refractivity contribution >= 4 is 16.7 Å². The molecule has 1 aromatic carbocycles. The van der Waals surface area contributed by atoms with Gasteiger partial charge in [-0.1, -0.05) is 11.3 Å². The van der Waals surface area contributed by atoms with Crippen molar-refractivity contribution in [2.45, 2.75) is 13.5 Å². The average molecular weight is 281 g/mol. The Morgan fingerprint density at radius 1 is 1.29 bits per heavy atom. The zero-order valence-electron chi connectivity index (χ0n) is 11.7. The van der Waals surface area contributed by atoms with E-state index < -0.39 is 0 Å². The highest BCUT2D eigenvalue weighted by Crippen LogP contribution is 2.16. The minimum Gasteiger partial charge on any atom is -0.329 e. The molecule has 0 unspecified atom stereocenters. The molecule has 6 heteroatoms. The summed E-state index contributed by atoms with van der Waals surface area (Å²) in [6.45, 7) is 2.94. The number of hydrogen-bond donors (Lipinski definition) is 1. The van der Waals surface area contributed by atoms with Gasteiger partial charge in [-0.05, 0) is 31.2 Å². The van der Waals surface area contributed by atoms with Gasteiger partial charge in [0.1, 0.15) is 0 Å². The second kappa shape index (κ2) is 5.41. The van der Waals surface area contributed by atoms with Crippen molar-refractivity contribution in [3.05, 3.63) is 53.5 Å². The van der Waals surface area contributed by atoms with E-state index in [1.807, 2.05) is 31.2 Å². The molecule has 21 heavy (non-hydrogen) atoms. The highest BCUT2D eigenvalue weighted by atomic mass is 16.1. The molecular weight excluding hydrogens is 266 g/mol. The van der Waals surface area contributed by atoms with Crippen LogP contribution < -0.4 is 5.73 Å². The van der Waals surface area contributed by atoms with Crippen molar-refractivity contribution in [1.82, 2.24) is 20.0 Å². The van der Waals surface area contributed by atoms with Crippen molar-refractivity contribution in [3.8, 4) is 0 Å². The van der Waals surface area contributed by atoms with Crippen molar-refractivity contribution in [1.29, 1.82) is 0 Å². The van der Waals surface area contributed by atoms with E-state index in [9.17, 15) is 4.79 Å². The number of aryl methyl sites for hydroxylation is 1. The molecule has 0 radical (unpaired) electrons. The fourth-order valence-corrected chi connectivity index (χ4v) is 2.16. The summed E-state index contributed by atoms with van der Waals surface area (Å²) in [5, 5.41) is 8.71. The fraction of sp³-hybridized carbons (Fsp3) is 0.200. The molecule has 3 rings (SSSR count). The van der Waals surface area contributed by atoms with Gasteiger partial charge in [0.15, 0.2) is 5.69 Å². The maximum atomic E-state index is 12.4. The number of nitrogens with zero attached hydrogens (tertiary/aromatic N) is 4. The Morgan fingerprint density at radius 2 is 2.14 bits per heavy atom. The largest absolute Gasteiger partial charge is 0.329 e. The molecule has 2 heterocycles. The van der Waals surface area contributed by atoms with Gasteiger partial charge in [0, 0.05) is 23.2 Å². The van der Waals surface area contributed by atoms with E-state index in [2.05, 4.69) is 15.3 Å². The number of hydrogen-bond acceptors (Lipinski definition) is 5. The Bertz CT molecular complexity index is 809. The number of benzene rings is 1. The summed E-state index contributed by atoms with van der Waals surface area (Å²) in [7, 11) is 0. The van der Waals surface area contributed by atoms with Crippen molar-refractivity contribution < 1.29 is 4.79 Å². The number of fused-ring (bicyclic) bond motifs is 1. The van der Waals surface area contributed by atoms with Crippen LogP contribution in [0.4, 0.5) is 0 Å². The predicted molar refractivity (Wildman–Crippen MR) is 79.0 cm³/mol. The lowest BCUT2D eigenvalue weighted by molar-refractivity contribution is 0.103. The van der Waals surface area contributed by atoms with Gasteiger partial charge in [-0.15, -0.1) is 5.10 Å². The SMILES string of the molecule is Cc1ccc2cc(C(=O)c3cn(CCN)nn3)ccc2n1. The highest BCUT2D eigenvalue weighted by Gasteiger charge is 2.14. The predicted octanol–water partition coefficient (Wildman–Crippen LogP) is 1.32. The van der Waals surface area contributed by atoms with Crippen LogP contribution in [-0.4, -0.2) is 32.3 Å². The van der Waals surface area contributed by atoms with Crippen LogP contribution in [0.15, 0.2) is 36.5 Å². The molecule has 0 amide bonds. The highest BCUT2D eigenvalue weighted by molar-refractivity contribution is 6.09. The topological polar surface area (TPSA) is 86.7 Å². The minimum absolute atomic E-state index is 0.152. The number of carbonyl (C=O) groups excluding carboxylic acids is 1. The Morgan fingerprint density at radius 3 is 2.95 bits per heavy atom. The van der Waals surface area contributed by atoms with Gasteiger partial charge in [-0.25, -0.2) is 0 Å². The molecule has 0 atom stereocenters. The molecule has 0 fully saturated rings. The molecule has 2 N–H and O–H groups in total. The molecule has 0 spiro atoms. The minimum atomic E-state index is -0.152. The standard InChI is InChI=1S/C15H15N5O/c1-10-2-3-11-8-12(4-5-13(11)17-10)15(21)14-9-20(7-6-16)19-18-14/h2-5,8-9H,6-7,16H2,1H3. The second-order valence-electron chi connectivity index (χ2n) is 4.84. The van der Waals surface area contributed by atoms with Gasteiger partial charge < -0.3 is 5.73 Å². The average Bonchev–Trinajstić information content (AvgIpc) is 2.95. The van der Waals surface area contributed by atoms with E-state index in [0.29, 0.717) is 24.3 Å². The third kappa shape index (κ3) is 2.66. The third-order valence-electron chi connectivity index (χ3n) is 3.22. The summed E-state index contributed by atoms with van der Waals surface area (Å²) in [6.07, 6.45) is 1.62. The smallest absolute Gasteiger partial charge is 0.214 e. The summed E-state index contributed by atoms with van der Waals surface area (Å²) in [4.78, 5) is 16.8. The molecule has 0 aliphatic rings. The van der Waals surface area contributed by atoms with Crippen LogP contribution in [0.25, 0.3) is 10.9 Å². The van der Waals surface area contributed by atoms with Crippen LogP contribution in [0.2, 0.25) is 0 Å². The van der Waals surface area contributed by atoms with Gasteiger partial charge in [0.25, 0.3) is 0 Å². The summed E-state index contributed by atoms with van der Waals surface area (Å²) in [6, 6.07) is 9.32. The van der Waals surface area contributed by atoms with Crippen LogP contribution in [0, 0.1) is 6.92 Å². The van der Waals surface area contributed by atoms with Crippen molar-refractivity contribution in [3.63, 3.8) is 0 Å². The lowest BCUT2D eigenvalue weighted by atomic mass is 10.1. The van der Waals surface area contributed by atoms with E-state index in [4.69, 9.17) is 5.73 Å². The quantitative estimate of drug-likeness (QED) is 0.729. The van der Waals surface area contributed by atoms with E-state index >= 15 is 0 Å². The molecule has 0 bridgehead atoms. The van der Waals surface area contributed by atoms with Crippen LogP contribution in [0.3, 0.4) is 0 Å². The summed E-state index contributed by atoms with van der Waals surface area (Å²) in [5.74, 6) is -0.152. The second-order valence-corrected chi connectivity index (χ2v) is 4.84. The number of pyridine rings is 1. The zero-order chi connectivity index (χ0) is 14.8. The molecule has 6 nitrogen and oxygen atoms in total.